The Kier molecular flexibility index (Phi) is 5.28. The van der Waals surface area contributed by atoms with Crippen LogP contribution in [-0.4, -0.2) is 53.3 Å². The first-order valence-electron chi connectivity index (χ1n) is 8.32. The van der Waals surface area contributed by atoms with Crippen LogP contribution in [0.5, 0.6) is 0 Å². The quantitative estimate of drug-likeness (QED) is 0.711. The fourth-order valence-corrected chi connectivity index (χ4v) is 2.55. The molecule has 1 aromatic carbocycles. The highest BCUT2D eigenvalue weighted by molar-refractivity contribution is 6.08. The number of carbonyl (C=O) groups excluding carboxylic acids is 2. The molecule has 0 aliphatic heterocycles. The average Bonchev–Trinajstić information content (AvgIpc) is 3.02. The third kappa shape index (κ3) is 3.89. The Bertz CT molecular complexity index is 918. The van der Waals surface area contributed by atoms with Crippen molar-refractivity contribution in [2.75, 3.05) is 32.5 Å². The molecule has 0 saturated carbocycles. The number of carbonyl (C=O) groups is 2. The minimum atomic E-state index is -0.354. The van der Waals surface area contributed by atoms with Crippen LogP contribution in [0.2, 0.25) is 0 Å². The molecule has 3 aromatic rings. The molecule has 0 aliphatic carbocycles. The molecule has 0 spiro atoms. The van der Waals surface area contributed by atoms with Gasteiger partial charge in [0.2, 0.25) is 5.82 Å². The summed E-state index contributed by atoms with van der Waals surface area (Å²) in [6.45, 7) is 1.22. The summed E-state index contributed by atoms with van der Waals surface area (Å²) in [5, 5.41) is 5.64. The predicted molar refractivity (Wildman–Crippen MR) is 100 cm³/mol. The summed E-state index contributed by atoms with van der Waals surface area (Å²) in [5.74, 6) is -0.475. The Morgan fingerprint density at radius 3 is 2.50 bits per heavy atom. The minimum Gasteiger partial charge on any atom is -0.348 e. The number of fused-ring (bicyclic) bond motifs is 1. The second-order valence-corrected chi connectivity index (χ2v) is 6.12. The van der Waals surface area contributed by atoms with Gasteiger partial charge in [0.15, 0.2) is 5.69 Å². The van der Waals surface area contributed by atoms with Crippen LogP contribution in [-0.2, 0) is 0 Å². The number of pyridine rings is 1. The number of nitrogens with one attached hydrogen (secondary N) is 2. The van der Waals surface area contributed by atoms with Crippen LogP contribution >= 0.6 is 0 Å². The minimum absolute atomic E-state index is 0.192. The highest BCUT2D eigenvalue weighted by Gasteiger charge is 2.21. The van der Waals surface area contributed by atoms with Gasteiger partial charge in [0.05, 0.1) is 5.52 Å². The van der Waals surface area contributed by atoms with Gasteiger partial charge in [-0.3, -0.25) is 14.0 Å². The first-order chi connectivity index (χ1) is 12.6. The van der Waals surface area contributed by atoms with Crippen molar-refractivity contribution >= 4 is 23.0 Å². The van der Waals surface area contributed by atoms with Crippen LogP contribution in [0.15, 0.2) is 54.7 Å². The summed E-state index contributed by atoms with van der Waals surface area (Å²) in [6.07, 6.45) is 1.72. The molecule has 7 nitrogen and oxygen atoms in total. The SMILES string of the molecule is CN(C)CCNC(=O)c1nc(C(=O)Nc2ccccc2)c2ccccn12. The van der Waals surface area contributed by atoms with Crippen LogP contribution in [0.1, 0.15) is 21.1 Å². The number of aromatic nitrogens is 2. The molecule has 0 aliphatic rings. The molecular weight excluding hydrogens is 330 g/mol. The van der Waals surface area contributed by atoms with E-state index >= 15 is 0 Å². The van der Waals surface area contributed by atoms with Crippen LogP contribution < -0.4 is 10.6 Å². The molecule has 0 saturated heterocycles. The summed E-state index contributed by atoms with van der Waals surface area (Å²) < 4.78 is 1.63. The third-order valence-electron chi connectivity index (χ3n) is 3.84. The Hall–Kier alpha value is -3.19. The third-order valence-corrected chi connectivity index (χ3v) is 3.84. The molecule has 2 aromatic heterocycles. The smallest absolute Gasteiger partial charge is 0.287 e. The summed E-state index contributed by atoms with van der Waals surface area (Å²) in [5.41, 5.74) is 1.47. The number of hydrogen-bond donors (Lipinski definition) is 2. The zero-order chi connectivity index (χ0) is 18.5. The van der Waals surface area contributed by atoms with Gasteiger partial charge in [-0.15, -0.1) is 0 Å². The van der Waals surface area contributed by atoms with Crippen molar-refractivity contribution in [1.82, 2.24) is 19.6 Å². The summed E-state index contributed by atoms with van der Waals surface area (Å²) in [6, 6.07) is 14.5. The lowest BCUT2D eigenvalue weighted by Crippen LogP contribution is -2.32. The lowest BCUT2D eigenvalue weighted by atomic mass is 10.3. The van der Waals surface area contributed by atoms with Crippen LogP contribution in [0.4, 0.5) is 5.69 Å². The van der Waals surface area contributed by atoms with Crippen LogP contribution in [0.3, 0.4) is 0 Å². The van der Waals surface area contributed by atoms with Gasteiger partial charge >= 0.3 is 0 Å². The Balaban J connectivity index is 1.87. The molecule has 0 atom stereocenters. The normalized spacial score (nSPS) is 10.9. The largest absolute Gasteiger partial charge is 0.348 e. The van der Waals surface area contributed by atoms with Crippen molar-refractivity contribution in [3.8, 4) is 0 Å². The Morgan fingerprint density at radius 2 is 1.77 bits per heavy atom. The Morgan fingerprint density at radius 1 is 1.04 bits per heavy atom. The van der Waals surface area contributed by atoms with Crippen molar-refractivity contribution in [2.24, 2.45) is 0 Å². The summed E-state index contributed by atoms with van der Waals surface area (Å²) in [4.78, 5) is 31.4. The number of para-hydroxylation sites is 1. The highest BCUT2D eigenvalue weighted by Crippen LogP contribution is 2.15. The van der Waals surface area contributed by atoms with Gasteiger partial charge in [0.1, 0.15) is 0 Å². The number of rotatable bonds is 6. The van der Waals surface area contributed by atoms with Gasteiger partial charge < -0.3 is 15.5 Å². The zero-order valence-corrected chi connectivity index (χ0v) is 14.8. The first-order valence-corrected chi connectivity index (χ1v) is 8.32. The van der Waals surface area contributed by atoms with E-state index in [0.717, 1.165) is 6.54 Å². The standard InChI is InChI=1S/C19H21N5O2/c1-23(2)13-11-20-19(26)17-22-16(15-10-6-7-12-24(15)17)18(25)21-14-8-4-3-5-9-14/h3-10,12H,11,13H2,1-2H3,(H,20,26)(H,21,25). The van der Waals surface area contributed by atoms with Crippen LogP contribution in [0.25, 0.3) is 5.52 Å². The highest BCUT2D eigenvalue weighted by atomic mass is 16.2. The lowest BCUT2D eigenvalue weighted by Gasteiger charge is -2.09. The molecule has 26 heavy (non-hydrogen) atoms. The number of hydrogen-bond acceptors (Lipinski definition) is 4. The monoisotopic (exact) mass is 351 g/mol. The average molecular weight is 351 g/mol. The molecule has 2 heterocycles. The molecule has 0 fully saturated rings. The number of anilines is 1. The van der Waals surface area contributed by atoms with Gasteiger partial charge in [-0.25, -0.2) is 4.98 Å². The zero-order valence-electron chi connectivity index (χ0n) is 14.8. The van der Waals surface area contributed by atoms with E-state index in [1.165, 1.54) is 0 Å². The Labute approximate surface area is 151 Å². The summed E-state index contributed by atoms with van der Waals surface area (Å²) >= 11 is 0. The lowest BCUT2D eigenvalue weighted by molar-refractivity contribution is 0.0940. The van der Waals surface area contributed by atoms with E-state index in [-0.39, 0.29) is 23.3 Å². The van der Waals surface area contributed by atoms with E-state index in [2.05, 4.69) is 15.6 Å². The number of benzene rings is 1. The fraction of sp³-hybridized carbons (Fsp3) is 0.211. The fourth-order valence-electron chi connectivity index (χ4n) is 2.55. The second kappa shape index (κ2) is 7.79. The van der Waals surface area contributed by atoms with E-state index in [0.29, 0.717) is 17.7 Å². The van der Waals surface area contributed by atoms with Crippen molar-refractivity contribution < 1.29 is 9.59 Å². The van der Waals surface area contributed by atoms with E-state index in [1.807, 2.05) is 43.3 Å². The van der Waals surface area contributed by atoms with Crippen molar-refractivity contribution in [1.29, 1.82) is 0 Å². The van der Waals surface area contributed by atoms with E-state index < -0.39 is 0 Å². The predicted octanol–water partition coefficient (Wildman–Crippen LogP) is 1.88. The molecule has 0 radical (unpaired) electrons. The molecule has 7 heteroatoms. The van der Waals surface area contributed by atoms with Crippen molar-refractivity contribution in [2.45, 2.75) is 0 Å². The van der Waals surface area contributed by atoms with Gasteiger partial charge in [-0.05, 0) is 38.4 Å². The van der Waals surface area contributed by atoms with Gasteiger partial charge in [0.25, 0.3) is 11.8 Å². The maximum absolute atomic E-state index is 12.6. The van der Waals surface area contributed by atoms with E-state index in [1.54, 1.807) is 34.9 Å². The maximum atomic E-state index is 12.6. The summed E-state index contributed by atoms with van der Waals surface area (Å²) in [7, 11) is 3.87. The van der Waals surface area contributed by atoms with Gasteiger partial charge in [-0.2, -0.15) is 0 Å². The topological polar surface area (TPSA) is 78.7 Å². The number of amides is 2. The molecule has 0 unspecified atom stereocenters. The second-order valence-electron chi connectivity index (χ2n) is 6.12. The van der Waals surface area contributed by atoms with Crippen LogP contribution in [0, 0.1) is 0 Å². The number of nitrogens with zero attached hydrogens (tertiary/aromatic N) is 3. The molecule has 134 valence electrons. The molecule has 2 amide bonds. The first kappa shape index (κ1) is 17.6. The molecule has 2 N–H and O–H groups in total. The maximum Gasteiger partial charge on any atom is 0.287 e. The molecular formula is C19H21N5O2. The van der Waals surface area contributed by atoms with Crippen molar-refractivity contribution in [3.63, 3.8) is 0 Å². The van der Waals surface area contributed by atoms with Gasteiger partial charge in [0, 0.05) is 25.0 Å². The number of imidazole rings is 1. The number of likely N-dealkylation sites (N-methyl/N-ethyl adjacent to an activating group) is 1. The molecule has 3 rings (SSSR count). The van der Waals surface area contributed by atoms with Gasteiger partial charge in [-0.1, -0.05) is 24.3 Å². The molecule has 0 bridgehead atoms. The van der Waals surface area contributed by atoms with E-state index in [4.69, 9.17) is 0 Å². The van der Waals surface area contributed by atoms with E-state index in [9.17, 15) is 9.59 Å². The van der Waals surface area contributed by atoms with Crippen molar-refractivity contribution in [3.05, 3.63) is 66.2 Å².